The molecule has 114 valence electrons. The van der Waals surface area contributed by atoms with Crippen molar-refractivity contribution >= 4 is 28.3 Å². The SMILES string of the molecule is CN1CCc2nc(NC(=O)C(=O)NC3CCCC3)sc2C1. The van der Waals surface area contributed by atoms with Crippen LogP contribution in [-0.4, -0.2) is 41.3 Å². The lowest BCUT2D eigenvalue weighted by Crippen LogP contribution is -2.40. The Morgan fingerprint density at radius 2 is 2.05 bits per heavy atom. The summed E-state index contributed by atoms with van der Waals surface area (Å²) in [7, 11) is 2.07. The molecule has 2 aliphatic rings. The van der Waals surface area contributed by atoms with Gasteiger partial charge in [0.05, 0.1) is 5.69 Å². The maximum atomic E-state index is 11.9. The van der Waals surface area contributed by atoms with E-state index in [1.165, 1.54) is 16.2 Å². The van der Waals surface area contributed by atoms with Gasteiger partial charge >= 0.3 is 11.8 Å². The molecule has 0 bridgehead atoms. The third-order valence-corrected chi connectivity index (χ3v) is 5.04. The van der Waals surface area contributed by atoms with E-state index in [1.54, 1.807) is 0 Å². The molecule has 1 aromatic heterocycles. The van der Waals surface area contributed by atoms with E-state index in [2.05, 4.69) is 27.6 Å². The molecule has 0 unspecified atom stereocenters. The third-order valence-electron chi connectivity index (χ3n) is 4.04. The van der Waals surface area contributed by atoms with Crippen molar-refractivity contribution in [3.05, 3.63) is 10.6 Å². The molecule has 0 saturated heterocycles. The minimum atomic E-state index is -0.610. The highest BCUT2D eigenvalue weighted by Gasteiger charge is 2.23. The summed E-state index contributed by atoms with van der Waals surface area (Å²) in [6.45, 7) is 1.84. The summed E-state index contributed by atoms with van der Waals surface area (Å²) in [6.07, 6.45) is 5.08. The second kappa shape index (κ2) is 6.11. The number of thiazole rings is 1. The topological polar surface area (TPSA) is 74.3 Å². The molecule has 21 heavy (non-hydrogen) atoms. The number of anilines is 1. The quantitative estimate of drug-likeness (QED) is 0.803. The monoisotopic (exact) mass is 308 g/mol. The van der Waals surface area contributed by atoms with Crippen molar-refractivity contribution in [3.8, 4) is 0 Å². The van der Waals surface area contributed by atoms with Crippen molar-refractivity contribution in [1.29, 1.82) is 0 Å². The molecule has 3 rings (SSSR count). The zero-order valence-electron chi connectivity index (χ0n) is 12.1. The number of nitrogens with one attached hydrogen (secondary N) is 2. The smallest absolute Gasteiger partial charge is 0.315 e. The summed E-state index contributed by atoms with van der Waals surface area (Å²) < 4.78 is 0. The number of amides is 2. The second-order valence-corrected chi connectivity index (χ2v) is 6.87. The fraction of sp³-hybridized carbons (Fsp3) is 0.643. The lowest BCUT2D eigenvalue weighted by Gasteiger charge is -2.20. The average Bonchev–Trinajstić information content (AvgIpc) is 3.07. The minimum Gasteiger partial charge on any atom is -0.345 e. The Morgan fingerprint density at radius 1 is 1.29 bits per heavy atom. The Labute approximate surface area is 127 Å². The fourth-order valence-electron chi connectivity index (χ4n) is 2.85. The molecule has 0 spiro atoms. The number of fused-ring (bicyclic) bond motifs is 1. The lowest BCUT2D eigenvalue weighted by molar-refractivity contribution is -0.136. The van der Waals surface area contributed by atoms with Crippen molar-refractivity contribution < 1.29 is 9.59 Å². The number of hydrogen-bond donors (Lipinski definition) is 2. The zero-order chi connectivity index (χ0) is 14.8. The van der Waals surface area contributed by atoms with Crippen molar-refractivity contribution in [1.82, 2.24) is 15.2 Å². The van der Waals surface area contributed by atoms with E-state index in [0.29, 0.717) is 5.13 Å². The Morgan fingerprint density at radius 3 is 2.81 bits per heavy atom. The maximum Gasteiger partial charge on any atom is 0.315 e. The van der Waals surface area contributed by atoms with Gasteiger partial charge in [-0.05, 0) is 19.9 Å². The van der Waals surface area contributed by atoms with E-state index in [0.717, 1.165) is 50.9 Å². The van der Waals surface area contributed by atoms with E-state index in [9.17, 15) is 9.59 Å². The van der Waals surface area contributed by atoms with Gasteiger partial charge in [0.2, 0.25) is 0 Å². The van der Waals surface area contributed by atoms with Crippen LogP contribution in [0.15, 0.2) is 0 Å². The molecule has 0 aromatic carbocycles. The van der Waals surface area contributed by atoms with E-state index < -0.39 is 11.8 Å². The number of nitrogens with zero attached hydrogens (tertiary/aromatic N) is 2. The van der Waals surface area contributed by atoms with Crippen LogP contribution in [0.3, 0.4) is 0 Å². The Balaban J connectivity index is 1.58. The summed E-state index contributed by atoms with van der Waals surface area (Å²) in [4.78, 5) is 31.6. The van der Waals surface area contributed by atoms with E-state index >= 15 is 0 Å². The number of carbonyl (C=O) groups is 2. The van der Waals surface area contributed by atoms with Gasteiger partial charge in [-0.1, -0.05) is 12.8 Å². The van der Waals surface area contributed by atoms with Crippen LogP contribution in [-0.2, 0) is 22.6 Å². The predicted molar refractivity (Wildman–Crippen MR) is 81.2 cm³/mol. The summed E-state index contributed by atoms with van der Waals surface area (Å²) in [5.74, 6) is -1.16. The van der Waals surface area contributed by atoms with Crippen molar-refractivity contribution in [2.24, 2.45) is 0 Å². The normalized spacial score (nSPS) is 19.3. The standard InChI is InChI=1S/C14H20N4O2S/c1-18-7-6-10-11(8-18)21-14(16-10)17-13(20)12(19)15-9-4-2-3-5-9/h9H,2-8H2,1H3,(H,15,19)(H,16,17,20). The molecule has 1 aliphatic carbocycles. The molecule has 2 amide bonds. The summed E-state index contributed by atoms with van der Waals surface area (Å²) in [6, 6.07) is 0.154. The van der Waals surface area contributed by atoms with E-state index in [-0.39, 0.29) is 6.04 Å². The molecule has 2 N–H and O–H groups in total. The summed E-state index contributed by atoms with van der Waals surface area (Å²) in [5, 5.41) is 5.94. The fourth-order valence-corrected chi connectivity index (χ4v) is 3.94. The molecular weight excluding hydrogens is 288 g/mol. The highest BCUT2D eigenvalue weighted by Crippen LogP contribution is 2.27. The van der Waals surface area contributed by atoms with Gasteiger partial charge in [0.1, 0.15) is 0 Å². The first-order valence-corrected chi connectivity index (χ1v) is 8.22. The number of carbonyl (C=O) groups excluding carboxylic acids is 2. The van der Waals surface area contributed by atoms with Crippen LogP contribution in [0.25, 0.3) is 0 Å². The third kappa shape index (κ3) is 3.41. The summed E-state index contributed by atoms with van der Waals surface area (Å²) in [5.41, 5.74) is 1.05. The number of aromatic nitrogens is 1. The maximum absolute atomic E-state index is 11.9. The van der Waals surface area contributed by atoms with Gasteiger partial charge in [-0.3, -0.25) is 14.9 Å². The number of hydrogen-bond acceptors (Lipinski definition) is 5. The second-order valence-electron chi connectivity index (χ2n) is 5.79. The molecular formula is C14H20N4O2S. The molecule has 0 radical (unpaired) electrons. The van der Waals surface area contributed by atoms with Crippen molar-refractivity contribution in [2.75, 3.05) is 18.9 Å². The largest absolute Gasteiger partial charge is 0.345 e. The average molecular weight is 308 g/mol. The summed E-state index contributed by atoms with van der Waals surface area (Å²) >= 11 is 1.46. The first-order chi connectivity index (χ1) is 10.1. The highest BCUT2D eigenvalue weighted by atomic mass is 32.1. The molecule has 1 aromatic rings. The molecule has 6 nitrogen and oxygen atoms in total. The van der Waals surface area contributed by atoms with E-state index in [4.69, 9.17) is 0 Å². The number of rotatable bonds is 2. The van der Waals surface area contributed by atoms with Crippen LogP contribution >= 0.6 is 11.3 Å². The van der Waals surface area contributed by atoms with Gasteiger partial charge in [0.25, 0.3) is 0 Å². The lowest BCUT2D eigenvalue weighted by atomic mass is 10.2. The minimum absolute atomic E-state index is 0.154. The van der Waals surface area contributed by atoms with Gasteiger partial charge in [0, 0.05) is 30.4 Å². The zero-order valence-corrected chi connectivity index (χ0v) is 13.0. The van der Waals surface area contributed by atoms with Crippen LogP contribution in [0.2, 0.25) is 0 Å². The predicted octanol–water partition coefficient (Wildman–Crippen LogP) is 1.13. The Bertz CT molecular complexity index is 551. The molecule has 2 heterocycles. The molecule has 1 saturated carbocycles. The van der Waals surface area contributed by atoms with Gasteiger partial charge in [-0.2, -0.15) is 0 Å². The van der Waals surface area contributed by atoms with Gasteiger partial charge in [0.15, 0.2) is 5.13 Å². The van der Waals surface area contributed by atoms with Crippen LogP contribution in [0.1, 0.15) is 36.3 Å². The van der Waals surface area contributed by atoms with Gasteiger partial charge in [-0.25, -0.2) is 4.98 Å². The van der Waals surface area contributed by atoms with Crippen LogP contribution < -0.4 is 10.6 Å². The van der Waals surface area contributed by atoms with Crippen molar-refractivity contribution in [3.63, 3.8) is 0 Å². The van der Waals surface area contributed by atoms with Gasteiger partial charge < -0.3 is 10.2 Å². The van der Waals surface area contributed by atoms with Gasteiger partial charge in [-0.15, -0.1) is 11.3 Å². The molecule has 1 aliphatic heterocycles. The first-order valence-electron chi connectivity index (χ1n) is 7.41. The molecule has 1 fully saturated rings. The van der Waals surface area contributed by atoms with E-state index in [1.807, 2.05) is 0 Å². The number of likely N-dealkylation sites (N-methyl/N-ethyl adjacent to an activating group) is 1. The Hall–Kier alpha value is -1.47. The van der Waals surface area contributed by atoms with Crippen molar-refractivity contribution in [2.45, 2.75) is 44.7 Å². The Kier molecular flexibility index (Phi) is 4.21. The highest BCUT2D eigenvalue weighted by molar-refractivity contribution is 7.16. The molecule has 0 atom stereocenters. The van der Waals surface area contributed by atoms with Crippen LogP contribution in [0.5, 0.6) is 0 Å². The first kappa shape index (κ1) is 14.5. The van der Waals surface area contributed by atoms with Crippen LogP contribution in [0, 0.1) is 0 Å². The van der Waals surface area contributed by atoms with Crippen LogP contribution in [0.4, 0.5) is 5.13 Å². The molecule has 7 heteroatoms.